The van der Waals surface area contributed by atoms with Gasteiger partial charge in [0.05, 0.1) is 0 Å². The Morgan fingerprint density at radius 3 is 2.39 bits per heavy atom. The fourth-order valence-corrected chi connectivity index (χ4v) is 1.96. The lowest BCUT2D eigenvalue weighted by atomic mass is 10.1. The van der Waals surface area contributed by atoms with Crippen LogP contribution in [0.1, 0.15) is 36.5 Å². The van der Waals surface area contributed by atoms with Crippen LogP contribution in [0.2, 0.25) is 0 Å². The van der Waals surface area contributed by atoms with Gasteiger partial charge in [0, 0.05) is 26.1 Å². The van der Waals surface area contributed by atoms with Gasteiger partial charge in [-0.15, -0.1) is 0 Å². The van der Waals surface area contributed by atoms with Crippen LogP contribution in [0, 0.1) is 13.8 Å². The van der Waals surface area contributed by atoms with E-state index in [4.69, 9.17) is 0 Å². The van der Waals surface area contributed by atoms with Gasteiger partial charge in [0.15, 0.2) is 0 Å². The van der Waals surface area contributed by atoms with Gasteiger partial charge in [-0.25, -0.2) is 0 Å². The number of amides is 1. The number of hydrogen-bond acceptors (Lipinski definition) is 2. The van der Waals surface area contributed by atoms with Crippen molar-refractivity contribution in [3.8, 4) is 0 Å². The third kappa shape index (κ3) is 5.82. The summed E-state index contributed by atoms with van der Waals surface area (Å²) in [5.41, 5.74) is 3.85. The molecule has 0 radical (unpaired) electrons. The molecule has 0 aliphatic rings. The Balaban J connectivity index is 2.23. The first kappa shape index (κ1) is 14.7. The van der Waals surface area contributed by atoms with Crippen molar-refractivity contribution in [3.63, 3.8) is 0 Å². The number of hydrogen-bond donors (Lipinski definition) is 2. The molecule has 0 aliphatic heterocycles. The molecule has 1 amide bonds. The predicted octanol–water partition coefficient (Wildman–Crippen LogP) is 2.31. The van der Waals surface area contributed by atoms with Crippen LogP contribution in [-0.2, 0) is 11.3 Å². The van der Waals surface area contributed by atoms with Gasteiger partial charge in [0.1, 0.15) is 0 Å². The van der Waals surface area contributed by atoms with Crippen molar-refractivity contribution in [3.05, 3.63) is 34.9 Å². The second-order valence-corrected chi connectivity index (χ2v) is 4.77. The Kier molecular flexibility index (Phi) is 6.44. The van der Waals surface area contributed by atoms with Gasteiger partial charge in [0.2, 0.25) is 5.91 Å². The van der Waals surface area contributed by atoms with E-state index >= 15 is 0 Å². The summed E-state index contributed by atoms with van der Waals surface area (Å²) in [4.78, 5) is 11.4. The maximum Gasteiger partial charge on any atom is 0.221 e. The molecular weight excluding hydrogens is 224 g/mol. The Morgan fingerprint density at radius 1 is 1.11 bits per heavy atom. The van der Waals surface area contributed by atoms with Gasteiger partial charge in [0.25, 0.3) is 0 Å². The highest BCUT2D eigenvalue weighted by molar-refractivity contribution is 5.75. The second-order valence-electron chi connectivity index (χ2n) is 4.77. The van der Waals surface area contributed by atoms with Gasteiger partial charge >= 0.3 is 0 Å². The number of carbonyl (C=O) groups is 1. The van der Waals surface area contributed by atoms with Crippen LogP contribution in [-0.4, -0.2) is 19.0 Å². The summed E-state index contributed by atoms with van der Waals surface area (Å²) in [6.07, 6.45) is 1.53. The molecule has 0 saturated carbocycles. The lowest BCUT2D eigenvalue weighted by Crippen LogP contribution is -2.28. The van der Waals surface area contributed by atoms with E-state index in [1.807, 2.05) is 0 Å². The first-order valence-electron chi connectivity index (χ1n) is 6.66. The normalized spacial score (nSPS) is 10.4. The van der Waals surface area contributed by atoms with E-state index in [9.17, 15) is 4.79 Å². The third-order valence-corrected chi connectivity index (χ3v) is 2.71. The van der Waals surface area contributed by atoms with E-state index in [1.165, 1.54) is 16.7 Å². The molecule has 0 aromatic heterocycles. The fraction of sp³-hybridized carbons (Fsp3) is 0.533. The average Bonchev–Trinajstić information content (AvgIpc) is 2.31. The molecule has 0 bridgehead atoms. The molecule has 3 heteroatoms. The Bertz CT molecular complexity index is 368. The zero-order valence-corrected chi connectivity index (χ0v) is 11.7. The summed E-state index contributed by atoms with van der Waals surface area (Å²) in [5, 5.41) is 6.17. The van der Waals surface area contributed by atoms with Crippen molar-refractivity contribution >= 4 is 5.91 Å². The minimum atomic E-state index is 0.129. The van der Waals surface area contributed by atoms with Crippen LogP contribution in [0.25, 0.3) is 0 Å². The summed E-state index contributed by atoms with van der Waals surface area (Å²) < 4.78 is 0. The fourth-order valence-electron chi connectivity index (χ4n) is 1.96. The van der Waals surface area contributed by atoms with Gasteiger partial charge in [-0.1, -0.05) is 36.2 Å². The van der Waals surface area contributed by atoms with Crippen LogP contribution in [0.15, 0.2) is 18.2 Å². The number of nitrogens with one attached hydrogen (secondary N) is 2. The molecule has 0 spiro atoms. The highest BCUT2D eigenvalue weighted by Gasteiger charge is 2.00. The van der Waals surface area contributed by atoms with Gasteiger partial charge in [-0.2, -0.15) is 0 Å². The molecule has 0 aliphatic carbocycles. The molecular formula is C15H24N2O. The monoisotopic (exact) mass is 248 g/mol. The van der Waals surface area contributed by atoms with E-state index < -0.39 is 0 Å². The van der Waals surface area contributed by atoms with E-state index in [-0.39, 0.29) is 5.91 Å². The van der Waals surface area contributed by atoms with Crippen molar-refractivity contribution in [1.29, 1.82) is 0 Å². The number of aryl methyl sites for hydroxylation is 2. The average molecular weight is 248 g/mol. The Labute approximate surface area is 110 Å². The molecule has 0 atom stereocenters. The number of carbonyl (C=O) groups excluding carboxylic acids is 1. The SMILES string of the molecule is CCCNC(=O)CCNCc1cc(C)cc(C)c1. The van der Waals surface area contributed by atoms with E-state index in [1.54, 1.807) is 0 Å². The van der Waals surface area contributed by atoms with Crippen molar-refractivity contribution in [2.75, 3.05) is 13.1 Å². The Hall–Kier alpha value is -1.35. The molecule has 100 valence electrons. The molecule has 18 heavy (non-hydrogen) atoms. The molecule has 3 nitrogen and oxygen atoms in total. The molecule has 1 aromatic rings. The first-order valence-corrected chi connectivity index (χ1v) is 6.66. The predicted molar refractivity (Wildman–Crippen MR) is 75.5 cm³/mol. The van der Waals surface area contributed by atoms with Crippen LogP contribution in [0.3, 0.4) is 0 Å². The standard InChI is InChI=1S/C15H24N2O/c1-4-6-17-15(18)5-7-16-11-14-9-12(2)8-13(3)10-14/h8-10,16H,4-7,11H2,1-3H3,(H,17,18). The van der Waals surface area contributed by atoms with E-state index in [0.717, 1.165) is 26.1 Å². The topological polar surface area (TPSA) is 41.1 Å². The van der Waals surface area contributed by atoms with Crippen molar-refractivity contribution in [1.82, 2.24) is 10.6 Å². The molecule has 0 fully saturated rings. The highest BCUT2D eigenvalue weighted by Crippen LogP contribution is 2.08. The van der Waals surface area contributed by atoms with Crippen LogP contribution in [0.5, 0.6) is 0 Å². The number of benzene rings is 1. The van der Waals surface area contributed by atoms with Crippen LogP contribution in [0.4, 0.5) is 0 Å². The molecule has 1 aromatic carbocycles. The molecule has 0 unspecified atom stereocenters. The number of rotatable bonds is 7. The maximum absolute atomic E-state index is 11.4. The first-order chi connectivity index (χ1) is 8.61. The highest BCUT2D eigenvalue weighted by atomic mass is 16.1. The molecule has 0 heterocycles. The zero-order chi connectivity index (χ0) is 13.4. The summed E-state index contributed by atoms with van der Waals surface area (Å²) in [5.74, 6) is 0.129. The maximum atomic E-state index is 11.4. The third-order valence-electron chi connectivity index (χ3n) is 2.71. The van der Waals surface area contributed by atoms with Gasteiger partial charge < -0.3 is 10.6 Å². The molecule has 1 rings (SSSR count). The van der Waals surface area contributed by atoms with Crippen molar-refractivity contribution in [2.45, 2.75) is 40.2 Å². The zero-order valence-electron chi connectivity index (χ0n) is 11.7. The summed E-state index contributed by atoms with van der Waals surface area (Å²) >= 11 is 0. The molecule has 2 N–H and O–H groups in total. The van der Waals surface area contributed by atoms with Gasteiger partial charge in [-0.3, -0.25) is 4.79 Å². The van der Waals surface area contributed by atoms with Crippen molar-refractivity contribution in [2.24, 2.45) is 0 Å². The summed E-state index contributed by atoms with van der Waals surface area (Å²) in [6, 6.07) is 6.52. The van der Waals surface area contributed by atoms with Crippen molar-refractivity contribution < 1.29 is 4.79 Å². The minimum absolute atomic E-state index is 0.129. The molecule has 0 saturated heterocycles. The van der Waals surface area contributed by atoms with Crippen LogP contribution >= 0.6 is 0 Å². The smallest absolute Gasteiger partial charge is 0.221 e. The quantitative estimate of drug-likeness (QED) is 0.727. The lowest BCUT2D eigenvalue weighted by Gasteiger charge is -2.07. The summed E-state index contributed by atoms with van der Waals surface area (Å²) in [7, 11) is 0. The van der Waals surface area contributed by atoms with E-state index in [0.29, 0.717) is 6.42 Å². The Morgan fingerprint density at radius 2 is 1.78 bits per heavy atom. The van der Waals surface area contributed by atoms with Crippen LogP contribution < -0.4 is 10.6 Å². The van der Waals surface area contributed by atoms with Gasteiger partial charge in [-0.05, 0) is 25.8 Å². The minimum Gasteiger partial charge on any atom is -0.356 e. The largest absolute Gasteiger partial charge is 0.356 e. The lowest BCUT2D eigenvalue weighted by molar-refractivity contribution is -0.120. The summed E-state index contributed by atoms with van der Waals surface area (Å²) in [6.45, 7) is 8.59. The van der Waals surface area contributed by atoms with E-state index in [2.05, 4.69) is 49.6 Å². The second kappa shape index (κ2) is 7.88.